The van der Waals surface area contributed by atoms with Crippen molar-refractivity contribution in [1.29, 1.82) is 0 Å². The van der Waals surface area contributed by atoms with Gasteiger partial charge in [0.15, 0.2) is 0 Å². The molecular weight excluding hydrogens is 244 g/mol. The number of carbonyl (C=O) groups is 1. The lowest BCUT2D eigenvalue weighted by molar-refractivity contribution is -0.130. The number of carbonyl (C=O) groups excluding carboxylic acids is 1. The smallest absolute Gasteiger partial charge is 0.241 e. The number of nitrogens with one attached hydrogen (secondary N) is 1. The number of nitrogens with zero attached hydrogens (tertiary/aromatic N) is 1. The molecule has 1 aromatic heterocycles. The summed E-state index contributed by atoms with van der Waals surface area (Å²) < 4.78 is 0. The average Bonchev–Trinajstić information content (AvgIpc) is 2.81. The fourth-order valence-corrected chi connectivity index (χ4v) is 3.55. The molecule has 2 aliphatic rings. The molecule has 0 spiro atoms. The Morgan fingerprint density at radius 3 is 2.89 bits per heavy atom. The minimum absolute atomic E-state index is 0.00570. The summed E-state index contributed by atoms with van der Waals surface area (Å²) in [5, 5.41) is 5.56. The van der Waals surface area contributed by atoms with Crippen LogP contribution in [0.5, 0.6) is 0 Å². The van der Waals surface area contributed by atoms with E-state index in [2.05, 4.69) is 41.6 Å². The number of thiophene rings is 1. The maximum Gasteiger partial charge on any atom is 0.241 e. The lowest BCUT2D eigenvalue weighted by atomic mass is 10.2. The molecule has 0 radical (unpaired) electrons. The van der Waals surface area contributed by atoms with E-state index in [-0.39, 0.29) is 18.1 Å². The molecule has 3 rings (SSSR count). The third kappa shape index (κ3) is 2.08. The van der Waals surface area contributed by atoms with Crippen LogP contribution in [-0.4, -0.2) is 23.4 Å². The van der Waals surface area contributed by atoms with Crippen molar-refractivity contribution >= 4 is 17.2 Å². The molecule has 1 aliphatic carbocycles. The minimum Gasteiger partial charge on any atom is -0.320 e. The van der Waals surface area contributed by atoms with E-state index in [0.717, 1.165) is 18.9 Å². The number of rotatable bonds is 4. The highest BCUT2D eigenvalue weighted by molar-refractivity contribution is 7.10. The second-order valence-corrected chi connectivity index (χ2v) is 6.49. The van der Waals surface area contributed by atoms with Gasteiger partial charge in [-0.05, 0) is 36.1 Å². The Hall–Kier alpha value is -0.870. The largest absolute Gasteiger partial charge is 0.320 e. The van der Waals surface area contributed by atoms with Crippen molar-refractivity contribution in [2.45, 2.75) is 38.9 Å². The lowest BCUT2D eigenvalue weighted by Gasteiger charge is -2.23. The molecule has 1 N–H and O–H groups in total. The van der Waals surface area contributed by atoms with Gasteiger partial charge < -0.3 is 4.90 Å². The van der Waals surface area contributed by atoms with Crippen LogP contribution in [0.15, 0.2) is 17.5 Å². The Morgan fingerprint density at radius 1 is 1.56 bits per heavy atom. The van der Waals surface area contributed by atoms with Crippen molar-refractivity contribution in [3.8, 4) is 0 Å². The first kappa shape index (κ1) is 12.2. The Kier molecular flexibility index (Phi) is 3.16. The molecule has 1 aliphatic heterocycles. The van der Waals surface area contributed by atoms with E-state index < -0.39 is 0 Å². The van der Waals surface area contributed by atoms with Crippen LogP contribution in [0.2, 0.25) is 0 Å². The molecule has 4 atom stereocenters. The van der Waals surface area contributed by atoms with E-state index in [1.54, 1.807) is 11.3 Å². The Bertz CT molecular complexity index is 431. The van der Waals surface area contributed by atoms with E-state index in [9.17, 15) is 4.79 Å². The highest BCUT2D eigenvalue weighted by Crippen LogP contribution is 2.41. The standard InChI is InChI=1S/C14H20N2OS/c1-3-11-14(17)16(8-10-7-9(10)2)13(15-11)12-5-4-6-18-12/h4-6,9-11,13,15H,3,7-8H2,1-2H3. The van der Waals surface area contributed by atoms with Gasteiger partial charge in [0, 0.05) is 11.4 Å². The number of hydrogen-bond acceptors (Lipinski definition) is 3. The molecule has 98 valence electrons. The molecule has 4 heteroatoms. The van der Waals surface area contributed by atoms with Crippen molar-refractivity contribution in [3.63, 3.8) is 0 Å². The highest BCUT2D eigenvalue weighted by atomic mass is 32.1. The van der Waals surface area contributed by atoms with Gasteiger partial charge in [0.25, 0.3) is 0 Å². The van der Waals surface area contributed by atoms with E-state index >= 15 is 0 Å². The Morgan fingerprint density at radius 2 is 2.33 bits per heavy atom. The third-order valence-corrected chi connectivity index (χ3v) is 5.10. The molecule has 0 aromatic carbocycles. The van der Waals surface area contributed by atoms with E-state index in [1.165, 1.54) is 11.3 Å². The summed E-state index contributed by atoms with van der Waals surface area (Å²) in [5.41, 5.74) is 0. The van der Waals surface area contributed by atoms with Gasteiger partial charge >= 0.3 is 0 Å². The summed E-state index contributed by atoms with van der Waals surface area (Å²) in [6, 6.07) is 4.19. The zero-order chi connectivity index (χ0) is 12.7. The summed E-state index contributed by atoms with van der Waals surface area (Å²) in [7, 11) is 0. The van der Waals surface area contributed by atoms with Gasteiger partial charge in [0.2, 0.25) is 5.91 Å². The van der Waals surface area contributed by atoms with Crippen LogP contribution >= 0.6 is 11.3 Å². The van der Waals surface area contributed by atoms with Gasteiger partial charge in [0.05, 0.1) is 6.04 Å². The first-order valence-corrected chi connectivity index (χ1v) is 7.68. The molecule has 1 amide bonds. The molecule has 4 unspecified atom stereocenters. The van der Waals surface area contributed by atoms with Gasteiger partial charge in [-0.2, -0.15) is 0 Å². The zero-order valence-electron chi connectivity index (χ0n) is 10.9. The first-order valence-electron chi connectivity index (χ1n) is 6.80. The SMILES string of the molecule is CCC1NC(c2cccs2)N(CC2CC2C)C1=O. The van der Waals surface area contributed by atoms with Gasteiger partial charge in [-0.25, -0.2) is 0 Å². The van der Waals surface area contributed by atoms with Crippen molar-refractivity contribution in [3.05, 3.63) is 22.4 Å². The quantitative estimate of drug-likeness (QED) is 0.906. The molecule has 3 nitrogen and oxygen atoms in total. The summed E-state index contributed by atoms with van der Waals surface area (Å²) in [5.74, 6) is 1.80. The van der Waals surface area contributed by atoms with Crippen LogP contribution in [0.1, 0.15) is 37.7 Å². The molecule has 0 bridgehead atoms. The highest BCUT2D eigenvalue weighted by Gasteiger charge is 2.43. The molecule has 1 aromatic rings. The van der Waals surface area contributed by atoms with Gasteiger partial charge in [0.1, 0.15) is 6.17 Å². The summed E-state index contributed by atoms with van der Waals surface area (Å²) in [6.45, 7) is 5.27. The second-order valence-electron chi connectivity index (χ2n) is 5.51. The molecule has 18 heavy (non-hydrogen) atoms. The monoisotopic (exact) mass is 264 g/mol. The molecular formula is C14H20N2OS. The Balaban J connectivity index is 1.79. The van der Waals surface area contributed by atoms with Crippen LogP contribution in [-0.2, 0) is 4.79 Å². The Labute approximate surface area is 112 Å². The average molecular weight is 264 g/mol. The lowest BCUT2D eigenvalue weighted by Crippen LogP contribution is -2.32. The van der Waals surface area contributed by atoms with Crippen LogP contribution in [0.25, 0.3) is 0 Å². The maximum absolute atomic E-state index is 12.4. The molecule has 1 saturated carbocycles. The first-order chi connectivity index (χ1) is 8.70. The van der Waals surface area contributed by atoms with Gasteiger partial charge in [-0.15, -0.1) is 11.3 Å². The van der Waals surface area contributed by atoms with Crippen molar-refractivity contribution in [2.75, 3.05) is 6.54 Å². The van der Waals surface area contributed by atoms with E-state index in [1.807, 2.05) is 0 Å². The fourth-order valence-electron chi connectivity index (χ4n) is 2.76. The molecule has 1 saturated heterocycles. The second kappa shape index (κ2) is 4.67. The maximum atomic E-state index is 12.4. The van der Waals surface area contributed by atoms with Crippen molar-refractivity contribution < 1.29 is 4.79 Å². The summed E-state index contributed by atoms with van der Waals surface area (Å²) in [4.78, 5) is 15.7. The number of hydrogen-bond donors (Lipinski definition) is 1. The number of amides is 1. The summed E-state index contributed by atoms with van der Waals surface area (Å²) >= 11 is 1.73. The zero-order valence-corrected chi connectivity index (χ0v) is 11.7. The fraction of sp³-hybridized carbons (Fsp3) is 0.643. The van der Waals surface area contributed by atoms with Crippen LogP contribution < -0.4 is 5.32 Å². The molecule has 2 fully saturated rings. The molecule has 2 heterocycles. The van der Waals surface area contributed by atoms with Crippen molar-refractivity contribution in [1.82, 2.24) is 10.2 Å². The third-order valence-electron chi connectivity index (χ3n) is 4.18. The van der Waals surface area contributed by atoms with Gasteiger partial charge in [-0.1, -0.05) is 19.9 Å². The normalized spacial score (nSPS) is 35.2. The summed E-state index contributed by atoms with van der Waals surface area (Å²) in [6.07, 6.45) is 2.25. The van der Waals surface area contributed by atoms with E-state index in [0.29, 0.717) is 5.92 Å². The topological polar surface area (TPSA) is 32.3 Å². The van der Waals surface area contributed by atoms with Crippen LogP contribution in [0, 0.1) is 11.8 Å². The predicted octanol–water partition coefficient (Wildman–Crippen LogP) is 2.61. The minimum atomic E-state index is 0.00570. The van der Waals surface area contributed by atoms with Crippen molar-refractivity contribution in [2.24, 2.45) is 11.8 Å². The van der Waals surface area contributed by atoms with Gasteiger partial charge in [-0.3, -0.25) is 10.1 Å². The van der Waals surface area contributed by atoms with Crippen LogP contribution in [0.4, 0.5) is 0 Å². The predicted molar refractivity (Wildman–Crippen MR) is 73.3 cm³/mol. The van der Waals surface area contributed by atoms with Crippen LogP contribution in [0.3, 0.4) is 0 Å². The van der Waals surface area contributed by atoms with E-state index in [4.69, 9.17) is 0 Å².